The van der Waals surface area contributed by atoms with E-state index in [0.29, 0.717) is 0 Å². The molecule has 2 rings (SSSR count). The second-order valence-corrected chi connectivity index (χ2v) is 19.5. The van der Waals surface area contributed by atoms with Gasteiger partial charge in [0, 0.05) is 0 Å². The zero-order valence-electron chi connectivity index (χ0n) is 9.75. The van der Waals surface area contributed by atoms with Crippen LogP contribution in [0.4, 0.5) is 0 Å². The number of fused-ring (bicyclic) bond motifs is 1. The Morgan fingerprint density at radius 1 is 1.27 bits per heavy atom. The van der Waals surface area contributed by atoms with Gasteiger partial charge in [-0.3, -0.25) is 0 Å². The van der Waals surface area contributed by atoms with E-state index in [9.17, 15) is 0 Å². The predicted octanol–water partition coefficient (Wildman–Crippen LogP) is 3.60. The number of hydrogen-bond acceptors (Lipinski definition) is 0. The average molecular weight is 294 g/mol. The van der Waals surface area contributed by atoms with Crippen LogP contribution in [0.3, 0.4) is 0 Å². The van der Waals surface area contributed by atoms with Crippen molar-refractivity contribution in [3.63, 3.8) is 0 Å². The Bertz CT molecular complexity index is 382. The molecular weight excluding hydrogens is 275 g/mol. The van der Waals surface area contributed by atoms with E-state index < -0.39 is 0 Å². The Hall–Kier alpha value is 0.0600. The van der Waals surface area contributed by atoms with Crippen LogP contribution in [0.5, 0.6) is 0 Å². The molecule has 0 aromatic heterocycles. The quantitative estimate of drug-likeness (QED) is 0.747. The van der Waals surface area contributed by atoms with Crippen LogP contribution in [0.15, 0.2) is 29.8 Å². The summed E-state index contributed by atoms with van der Waals surface area (Å²) in [6, 6.07) is 9.02. The fourth-order valence-corrected chi connectivity index (χ4v) is 12.5. The van der Waals surface area contributed by atoms with Gasteiger partial charge in [0.15, 0.2) is 0 Å². The van der Waals surface area contributed by atoms with Gasteiger partial charge in [-0.15, -0.1) is 0 Å². The SMILES string of the molecule is CCC1=Cc2ccccc2[CH]1[Zr][SiH](C)C. The van der Waals surface area contributed by atoms with Crippen molar-refractivity contribution in [3.8, 4) is 0 Å². The van der Waals surface area contributed by atoms with Crippen LogP contribution < -0.4 is 0 Å². The third kappa shape index (κ3) is 2.42. The van der Waals surface area contributed by atoms with Gasteiger partial charge in [-0.1, -0.05) is 0 Å². The summed E-state index contributed by atoms with van der Waals surface area (Å²) in [6.07, 6.45) is 3.71. The normalized spacial score (nSPS) is 18.9. The molecule has 1 aromatic rings. The van der Waals surface area contributed by atoms with Crippen molar-refractivity contribution in [3.05, 3.63) is 41.0 Å². The maximum atomic E-state index is 2.53. The van der Waals surface area contributed by atoms with Gasteiger partial charge in [-0.25, -0.2) is 0 Å². The molecule has 0 bridgehead atoms. The fourth-order valence-electron chi connectivity index (χ4n) is 2.22. The summed E-state index contributed by atoms with van der Waals surface area (Å²) in [6.45, 7) is 7.37. The number of benzene rings is 1. The van der Waals surface area contributed by atoms with Crippen molar-refractivity contribution < 1.29 is 22.4 Å². The summed E-state index contributed by atoms with van der Waals surface area (Å²) >= 11 is -0.165. The summed E-state index contributed by atoms with van der Waals surface area (Å²) in [5.41, 5.74) is 4.89. The van der Waals surface area contributed by atoms with Gasteiger partial charge in [0.25, 0.3) is 0 Å². The van der Waals surface area contributed by atoms with Crippen molar-refractivity contribution in [2.45, 2.75) is 30.1 Å². The van der Waals surface area contributed by atoms with Crippen LogP contribution in [0.1, 0.15) is 28.1 Å². The predicted molar refractivity (Wildman–Crippen MR) is 66.3 cm³/mol. The van der Waals surface area contributed by atoms with E-state index in [4.69, 9.17) is 0 Å². The van der Waals surface area contributed by atoms with Crippen LogP contribution in [-0.4, -0.2) is 5.92 Å². The molecule has 0 aliphatic heterocycles. The molecule has 1 atom stereocenters. The van der Waals surface area contributed by atoms with Crippen molar-refractivity contribution in [1.82, 2.24) is 0 Å². The van der Waals surface area contributed by atoms with E-state index in [1.807, 2.05) is 0 Å². The number of hydrogen-bond donors (Lipinski definition) is 0. The molecule has 1 aliphatic rings. The van der Waals surface area contributed by atoms with Gasteiger partial charge >= 0.3 is 105 Å². The number of allylic oxidation sites excluding steroid dienone is 1. The molecule has 0 N–H and O–H groups in total. The molecule has 0 amide bonds. The van der Waals surface area contributed by atoms with Crippen LogP contribution >= 0.6 is 0 Å². The molecule has 1 unspecified atom stereocenters. The Morgan fingerprint density at radius 3 is 2.67 bits per heavy atom. The van der Waals surface area contributed by atoms with Crippen LogP contribution in [-0.2, 0) is 22.4 Å². The Kier molecular flexibility index (Phi) is 3.79. The van der Waals surface area contributed by atoms with Gasteiger partial charge < -0.3 is 0 Å². The summed E-state index contributed by atoms with van der Waals surface area (Å²) in [5, 5.41) is 0. The van der Waals surface area contributed by atoms with Gasteiger partial charge in [0.05, 0.1) is 0 Å². The topological polar surface area (TPSA) is 0 Å². The molecule has 1 aromatic carbocycles. The first-order valence-corrected chi connectivity index (χ1v) is 14.3. The van der Waals surface area contributed by atoms with Gasteiger partial charge in [0.2, 0.25) is 0 Å². The average Bonchev–Trinajstić information content (AvgIpc) is 2.56. The molecule has 78 valence electrons. The first-order valence-electron chi connectivity index (χ1n) is 5.77. The van der Waals surface area contributed by atoms with Crippen LogP contribution in [0.25, 0.3) is 6.08 Å². The third-order valence-corrected chi connectivity index (χ3v) is 13.0. The van der Waals surface area contributed by atoms with Gasteiger partial charge in [0.1, 0.15) is 0 Å². The molecule has 2 heteroatoms. The molecule has 0 saturated heterocycles. The zero-order valence-corrected chi connectivity index (χ0v) is 13.4. The van der Waals surface area contributed by atoms with Crippen LogP contribution in [0, 0.1) is 0 Å². The molecule has 0 spiro atoms. The fraction of sp³-hybridized carbons (Fsp3) is 0.385. The summed E-state index contributed by atoms with van der Waals surface area (Å²) in [7, 11) is 0. The Balaban J connectivity index is 2.32. The molecule has 15 heavy (non-hydrogen) atoms. The van der Waals surface area contributed by atoms with E-state index >= 15 is 0 Å². The first-order chi connectivity index (χ1) is 7.22. The van der Waals surface area contributed by atoms with Crippen molar-refractivity contribution in [2.24, 2.45) is 0 Å². The summed E-state index contributed by atoms with van der Waals surface area (Å²) < 4.78 is 0.918. The summed E-state index contributed by atoms with van der Waals surface area (Å²) in [4.78, 5) is 0. The Labute approximate surface area is 105 Å². The van der Waals surface area contributed by atoms with Gasteiger partial charge in [-0.05, 0) is 0 Å². The first kappa shape index (κ1) is 11.5. The molecule has 0 saturated carbocycles. The van der Waals surface area contributed by atoms with E-state index in [0.717, 1.165) is 3.63 Å². The van der Waals surface area contributed by atoms with Crippen molar-refractivity contribution in [1.29, 1.82) is 0 Å². The molecule has 0 heterocycles. The van der Waals surface area contributed by atoms with E-state index in [-0.39, 0.29) is 28.3 Å². The van der Waals surface area contributed by atoms with E-state index in [2.05, 4.69) is 50.4 Å². The van der Waals surface area contributed by atoms with Crippen molar-refractivity contribution in [2.75, 3.05) is 0 Å². The molecular formula is C13H18SiZr. The second kappa shape index (κ2) is 4.93. The molecule has 0 nitrogen and oxygen atoms in total. The number of rotatable bonds is 3. The third-order valence-electron chi connectivity index (χ3n) is 2.93. The van der Waals surface area contributed by atoms with Gasteiger partial charge in [-0.2, -0.15) is 0 Å². The standard InChI is InChI=1S/C11H11.C2H7Si.Zr/c1-2-9-7-10-5-3-4-6-11(10)8-9;1-3-2;/h3-8H,2H2,1H3;3H,1-2H3;. The van der Waals surface area contributed by atoms with Crippen molar-refractivity contribution >= 4 is 12.0 Å². The zero-order chi connectivity index (χ0) is 10.8. The van der Waals surface area contributed by atoms with E-state index in [1.54, 1.807) is 11.1 Å². The second-order valence-electron chi connectivity index (χ2n) is 4.46. The molecule has 1 aliphatic carbocycles. The Morgan fingerprint density at radius 2 is 2.00 bits per heavy atom. The summed E-state index contributed by atoms with van der Waals surface area (Å²) in [5.74, 6) is -0.306. The van der Waals surface area contributed by atoms with E-state index in [1.165, 1.54) is 12.0 Å². The monoisotopic (exact) mass is 292 g/mol. The maximum absolute atomic E-state index is 2.53. The minimum absolute atomic E-state index is 0.165. The van der Waals surface area contributed by atoms with Crippen LogP contribution in [0.2, 0.25) is 13.1 Å². The minimum atomic E-state index is -0.306. The molecule has 0 radical (unpaired) electrons. The molecule has 0 fully saturated rings.